The predicted octanol–water partition coefficient (Wildman–Crippen LogP) is 14.2. The van der Waals surface area contributed by atoms with Crippen molar-refractivity contribution in [1.29, 1.82) is 0 Å². The summed E-state index contributed by atoms with van der Waals surface area (Å²) in [4.78, 5) is 4.75. The third-order valence-electron chi connectivity index (χ3n) is 11.1. The molecule has 8 aromatic rings. The number of para-hydroxylation sites is 2. The molecule has 1 aliphatic rings. The zero-order chi connectivity index (χ0) is 35.6. The Morgan fingerprint density at radius 3 is 1.46 bits per heavy atom. The average molecular weight is 671 g/mol. The van der Waals surface area contributed by atoms with E-state index in [1.54, 1.807) is 0 Å². The molecule has 1 aliphatic carbocycles. The van der Waals surface area contributed by atoms with E-state index >= 15 is 0 Å². The van der Waals surface area contributed by atoms with E-state index in [2.05, 4.69) is 208 Å². The van der Waals surface area contributed by atoms with Crippen LogP contribution in [0, 0.1) is 20.8 Å². The zero-order valence-corrected chi connectivity index (χ0v) is 30.5. The van der Waals surface area contributed by atoms with E-state index in [1.165, 1.54) is 60.5 Å². The molecule has 2 nitrogen and oxygen atoms in total. The molecular weight excluding hydrogens is 629 g/mol. The van der Waals surface area contributed by atoms with Crippen LogP contribution in [0.15, 0.2) is 164 Å². The summed E-state index contributed by atoms with van der Waals surface area (Å²) in [6, 6.07) is 60.2. The second-order valence-electron chi connectivity index (χ2n) is 14.8. The van der Waals surface area contributed by atoms with Gasteiger partial charge < -0.3 is 9.80 Å². The highest BCUT2D eigenvalue weighted by Gasteiger charge is 2.35. The van der Waals surface area contributed by atoms with Gasteiger partial charge >= 0.3 is 0 Å². The van der Waals surface area contributed by atoms with Crippen molar-refractivity contribution in [3.05, 3.63) is 192 Å². The van der Waals surface area contributed by atoms with Crippen LogP contribution in [-0.2, 0) is 5.41 Å². The molecule has 0 aliphatic heterocycles. The molecule has 0 saturated carbocycles. The maximum absolute atomic E-state index is 2.44. The monoisotopic (exact) mass is 670 g/mol. The van der Waals surface area contributed by atoms with Gasteiger partial charge in [0.05, 0.1) is 0 Å². The van der Waals surface area contributed by atoms with Gasteiger partial charge in [0.15, 0.2) is 0 Å². The van der Waals surface area contributed by atoms with Gasteiger partial charge in [0.2, 0.25) is 0 Å². The van der Waals surface area contributed by atoms with Gasteiger partial charge in [-0.25, -0.2) is 0 Å². The van der Waals surface area contributed by atoms with E-state index in [1.807, 2.05) is 0 Å². The molecule has 9 rings (SSSR count). The zero-order valence-electron chi connectivity index (χ0n) is 30.5. The van der Waals surface area contributed by atoms with Crippen LogP contribution in [0.4, 0.5) is 34.1 Å². The van der Waals surface area contributed by atoms with E-state index in [9.17, 15) is 0 Å². The molecule has 0 radical (unpaired) electrons. The highest BCUT2D eigenvalue weighted by molar-refractivity contribution is 6.19. The molecule has 0 amide bonds. The van der Waals surface area contributed by atoms with Crippen molar-refractivity contribution in [2.24, 2.45) is 0 Å². The number of anilines is 6. The van der Waals surface area contributed by atoms with Gasteiger partial charge in [-0.05, 0) is 143 Å². The van der Waals surface area contributed by atoms with Crippen LogP contribution < -0.4 is 9.80 Å². The van der Waals surface area contributed by atoms with Crippen LogP contribution in [0.1, 0.15) is 41.7 Å². The summed E-state index contributed by atoms with van der Waals surface area (Å²) in [6.45, 7) is 11.4. The molecule has 0 bridgehead atoms. The number of hydrogen-bond donors (Lipinski definition) is 0. The van der Waals surface area contributed by atoms with Crippen molar-refractivity contribution in [2.75, 3.05) is 9.80 Å². The second kappa shape index (κ2) is 12.3. The topological polar surface area (TPSA) is 6.48 Å². The maximum atomic E-state index is 2.44. The Hall–Kier alpha value is -6.12. The van der Waals surface area contributed by atoms with E-state index < -0.39 is 0 Å². The molecule has 0 fully saturated rings. The van der Waals surface area contributed by atoms with Crippen molar-refractivity contribution in [3.63, 3.8) is 0 Å². The first-order chi connectivity index (χ1) is 25.3. The van der Waals surface area contributed by atoms with E-state index in [0.717, 1.165) is 34.1 Å². The van der Waals surface area contributed by atoms with Crippen molar-refractivity contribution in [1.82, 2.24) is 0 Å². The smallest absolute Gasteiger partial charge is 0.0468 e. The van der Waals surface area contributed by atoms with E-state index in [-0.39, 0.29) is 5.41 Å². The molecule has 8 aromatic carbocycles. The largest absolute Gasteiger partial charge is 0.310 e. The van der Waals surface area contributed by atoms with Gasteiger partial charge in [-0.3, -0.25) is 0 Å². The molecule has 0 atom stereocenters. The number of aryl methyl sites for hydroxylation is 3. The van der Waals surface area contributed by atoms with Gasteiger partial charge in [-0.15, -0.1) is 0 Å². The number of fused-ring (bicyclic) bond motifs is 4. The van der Waals surface area contributed by atoms with Crippen LogP contribution in [0.25, 0.3) is 32.7 Å². The Labute approximate surface area is 307 Å². The fraction of sp³-hybridized carbons (Fsp3) is 0.120. The molecule has 0 aromatic heterocycles. The normalized spacial score (nSPS) is 12.9. The lowest BCUT2D eigenvalue weighted by atomic mass is 9.67. The summed E-state index contributed by atoms with van der Waals surface area (Å²) < 4.78 is 0. The number of rotatable bonds is 6. The standard InChI is InChI=1S/C50H42N2/c1-33-19-23-38(24-20-33)51(36-13-8-6-9-14-36)40-27-29-42-35(3)48-44-30-28-41(52(37-15-10-7-11-16-37)39-25-21-34(2)22-26-39)32-47(44)50(4,5)46-18-12-17-43(49(46)48)45(42)31-40/h6-32H,1-5H3. The summed E-state index contributed by atoms with van der Waals surface area (Å²) in [5.41, 5.74) is 15.9. The van der Waals surface area contributed by atoms with Crippen LogP contribution in [0.5, 0.6) is 0 Å². The number of benzene rings is 8. The maximum Gasteiger partial charge on any atom is 0.0468 e. The van der Waals surface area contributed by atoms with Crippen molar-refractivity contribution in [3.8, 4) is 11.1 Å². The molecule has 0 unspecified atom stereocenters. The van der Waals surface area contributed by atoms with Crippen molar-refractivity contribution in [2.45, 2.75) is 40.0 Å². The average Bonchev–Trinajstić information content (AvgIpc) is 3.17. The minimum Gasteiger partial charge on any atom is -0.310 e. The Morgan fingerprint density at radius 1 is 0.385 bits per heavy atom. The quantitative estimate of drug-likeness (QED) is 0.162. The molecule has 0 N–H and O–H groups in total. The third-order valence-corrected chi connectivity index (χ3v) is 11.1. The van der Waals surface area contributed by atoms with Gasteiger partial charge in [0.25, 0.3) is 0 Å². The summed E-state index contributed by atoms with van der Waals surface area (Å²) in [7, 11) is 0. The number of hydrogen-bond acceptors (Lipinski definition) is 2. The Kier molecular flexibility index (Phi) is 7.52. The minimum atomic E-state index is -0.219. The molecule has 252 valence electrons. The van der Waals surface area contributed by atoms with E-state index in [4.69, 9.17) is 0 Å². The van der Waals surface area contributed by atoms with Gasteiger partial charge in [-0.2, -0.15) is 0 Å². The fourth-order valence-electron chi connectivity index (χ4n) is 8.43. The Balaban J connectivity index is 1.26. The summed E-state index contributed by atoms with van der Waals surface area (Å²) in [5.74, 6) is 0. The molecule has 2 heteroatoms. The Morgan fingerprint density at radius 2 is 0.885 bits per heavy atom. The van der Waals surface area contributed by atoms with Crippen molar-refractivity contribution >= 4 is 55.7 Å². The highest BCUT2D eigenvalue weighted by atomic mass is 15.1. The third kappa shape index (κ3) is 5.09. The number of nitrogens with zero attached hydrogens (tertiary/aromatic N) is 2. The minimum absolute atomic E-state index is 0.219. The van der Waals surface area contributed by atoms with Gasteiger partial charge in [0.1, 0.15) is 0 Å². The molecule has 0 saturated heterocycles. The molecular formula is C50H42N2. The highest BCUT2D eigenvalue weighted by Crippen LogP contribution is 2.53. The fourth-order valence-corrected chi connectivity index (χ4v) is 8.43. The Bertz CT molecular complexity index is 2600. The first kappa shape index (κ1) is 31.8. The van der Waals surface area contributed by atoms with E-state index in [0.29, 0.717) is 0 Å². The summed E-state index contributed by atoms with van der Waals surface area (Å²) in [6.07, 6.45) is 0. The first-order valence-corrected chi connectivity index (χ1v) is 18.3. The van der Waals surface area contributed by atoms with Crippen LogP contribution in [-0.4, -0.2) is 0 Å². The molecule has 0 heterocycles. The lowest BCUT2D eigenvalue weighted by molar-refractivity contribution is 0.645. The molecule has 0 spiro atoms. The van der Waals surface area contributed by atoms with Crippen LogP contribution in [0.3, 0.4) is 0 Å². The lowest BCUT2D eigenvalue weighted by Crippen LogP contribution is -2.24. The predicted molar refractivity (Wildman–Crippen MR) is 223 cm³/mol. The summed E-state index contributed by atoms with van der Waals surface area (Å²) in [5, 5.41) is 5.25. The van der Waals surface area contributed by atoms with Gasteiger partial charge in [0, 0.05) is 39.5 Å². The van der Waals surface area contributed by atoms with Gasteiger partial charge in [-0.1, -0.05) is 116 Å². The second-order valence-corrected chi connectivity index (χ2v) is 14.8. The summed E-state index contributed by atoms with van der Waals surface area (Å²) >= 11 is 0. The molecule has 52 heavy (non-hydrogen) atoms. The first-order valence-electron chi connectivity index (χ1n) is 18.3. The van der Waals surface area contributed by atoms with Crippen LogP contribution in [0.2, 0.25) is 0 Å². The SMILES string of the molecule is Cc1ccc(N(c2ccccc2)c2ccc3c(c2)C(C)(C)c2cccc4c2c-3c(C)c2ccc(N(c3ccccc3)c3ccc(C)cc3)cc24)cc1. The van der Waals surface area contributed by atoms with Crippen molar-refractivity contribution < 1.29 is 0 Å². The lowest BCUT2D eigenvalue weighted by Gasteiger charge is -2.37. The van der Waals surface area contributed by atoms with Crippen LogP contribution >= 0.6 is 0 Å².